The molecule has 2 nitrogen and oxygen atoms in total. The van der Waals surface area contributed by atoms with Crippen LogP contribution in [0.25, 0.3) is 0 Å². The number of hydrogen-bond acceptors (Lipinski definition) is 2. The van der Waals surface area contributed by atoms with E-state index >= 15 is 0 Å². The van der Waals surface area contributed by atoms with Crippen LogP contribution in [0.3, 0.4) is 0 Å². The highest BCUT2D eigenvalue weighted by molar-refractivity contribution is 5.68. The van der Waals surface area contributed by atoms with Crippen LogP contribution in [0.2, 0.25) is 0 Å². The maximum absolute atomic E-state index is 3.14. The summed E-state index contributed by atoms with van der Waals surface area (Å²) < 4.78 is 0. The Labute approximate surface area is 67.8 Å². The van der Waals surface area contributed by atoms with Gasteiger partial charge in [0.2, 0.25) is 0 Å². The molecule has 0 aliphatic heterocycles. The Balaban J connectivity index is 3.02. The smallest absolute Gasteiger partial charge is 0.0596 e. The van der Waals surface area contributed by atoms with Gasteiger partial charge >= 0.3 is 0 Å². The lowest BCUT2D eigenvalue weighted by molar-refractivity contribution is 1.13. The molecule has 1 N–H and O–H groups in total. The SMILES string of the molecule is CNc1ccccc1N(C)C. The number of benzene rings is 1. The van der Waals surface area contributed by atoms with Crippen LogP contribution >= 0.6 is 0 Å². The van der Waals surface area contributed by atoms with Crippen molar-refractivity contribution in [2.24, 2.45) is 0 Å². The van der Waals surface area contributed by atoms with Gasteiger partial charge in [-0.05, 0) is 12.1 Å². The molecule has 0 bridgehead atoms. The molecule has 0 saturated heterocycles. The Morgan fingerprint density at radius 2 is 1.82 bits per heavy atom. The van der Waals surface area contributed by atoms with Gasteiger partial charge in [-0.25, -0.2) is 0 Å². The van der Waals surface area contributed by atoms with Gasteiger partial charge in [-0.1, -0.05) is 12.1 Å². The van der Waals surface area contributed by atoms with Gasteiger partial charge in [-0.3, -0.25) is 0 Å². The Kier molecular flexibility index (Phi) is 2.36. The maximum atomic E-state index is 3.14. The van der Waals surface area contributed by atoms with Gasteiger partial charge in [-0.15, -0.1) is 0 Å². The molecule has 1 aromatic rings. The minimum Gasteiger partial charge on any atom is -0.386 e. The average Bonchev–Trinajstić information content (AvgIpc) is 2.04. The molecule has 1 aromatic carbocycles. The molecule has 0 amide bonds. The van der Waals surface area contributed by atoms with Gasteiger partial charge in [0, 0.05) is 21.1 Å². The van der Waals surface area contributed by atoms with Gasteiger partial charge in [0.25, 0.3) is 0 Å². The molecule has 0 aliphatic rings. The molecule has 1 rings (SSSR count). The maximum Gasteiger partial charge on any atom is 0.0596 e. The van der Waals surface area contributed by atoms with Gasteiger partial charge in [0.15, 0.2) is 0 Å². The van der Waals surface area contributed by atoms with E-state index in [9.17, 15) is 0 Å². The van der Waals surface area contributed by atoms with Crippen LogP contribution in [0.15, 0.2) is 24.3 Å². The monoisotopic (exact) mass is 150 g/mol. The van der Waals surface area contributed by atoms with E-state index in [1.165, 1.54) is 5.69 Å². The summed E-state index contributed by atoms with van der Waals surface area (Å²) in [6.45, 7) is 0. The van der Waals surface area contributed by atoms with Crippen molar-refractivity contribution >= 4 is 11.4 Å². The van der Waals surface area contributed by atoms with Crippen molar-refractivity contribution < 1.29 is 0 Å². The van der Waals surface area contributed by atoms with Crippen molar-refractivity contribution in [1.82, 2.24) is 0 Å². The first-order valence-electron chi connectivity index (χ1n) is 3.70. The van der Waals surface area contributed by atoms with E-state index in [1.54, 1.807) is 0 Å². The third-order valence-corrected chi connectivity index (χ3v) is 1.66. The Hall–Kier alpha value is -1.18. The summed E-state index contributed by atoms with van der Waals surface area (Å²) in [6, 6.07) is 8.22. The molecule has 0 saturated carbocycles. The molecular weight excluding hydrogens is 136 g/mol. The summed E-state index contributed by atoms with van der Waals surface area (Å²) in [7, 11) is 6.01. The molecule has 0 unspecified atom stereocenters. The Bertz CT molecular complexity index is 231. The minimum absolute atomic E-state index is 1.16. The van der Waals surface area contributed by atoms with Gasteiger partial charge in [-0.2, -0.15) is 0 Å². The van der Waals surface area contributed by atoms with Crippen LogP contribution < -0.4 is 10.2 Å². The second kappa shape index (κ2) is 3.28. The van der Waals surface area contributed by atoms with Crippen molar-refractivity contribution in [3.05, 3.63) is 24.3 Å². The van der Waals surface area contributed by atoms with Crippen molar-refractivity contribution in [1.29, 1.82) is 0 Å². The fourth-order valence-corrected chi connectivity index (χ4v) is 1.08. The highest BCUT2D eigenvalue weighted by Gasteiger charge is 1.98. The van der Waals surface area contributed by atoms with Gasteiger partial charge in [0.05, 0.1) is 11.4 Å². The zero-order valence-electron chi connectivity index (χ0n) is 7.26. The van der Waals surface area contributed by atoms with Crippen LogP contribution in [-0.2, 0) is 0 Å². The number of para-hydroxylation sites is 2. The predicted octanol–water partition coefficient (Wildman–Crippen LogP) is 1.79. The van der Waals surface area contributed by atoms with E-state index in [0.29, 0.717) is 0 Å². The zero-order chi connectivity index (χ0) is 8.27. The normalized spacial score (nSPS) is 9.36. The first-order chi connectivity index (χ1) is 5.25. The summed E-state index contributed by atoms with van der Waals surface area (Å²) >= 11 is 0. The Morgan fingerprint density at radius 3 is 2.27 bits per heavy atom. The van der Waals surface area contributed by atoms with Crippen molar-refractivity contribution in [3.8, 4) is 0 Å². The van der Waals surface area contributed by atoms with E-state index in [1.807, 2.05) is 33.3 Å². The highest BCUT2D eigenvalue weighted by atomic mass is 15.1. The lowest BCUT2D eigenvalue weighted by Crippen LogP contribution is -2.10. The average molecular weight is 150 g/mol. The summed E-state index contributed by atoms with van der Waals surface area (Å²) in [5.41, 5.74) is 2.38. The highest BCUT2D eigenvalue weighted by Crippen LogP contribution is 2.22. The second-order valence-corrected chi connectivity index (χ2v) is 2.66. The quantitative estimate of drug-likeness (QED) is 0.691. The van der Waals surface area contributed by atoms with Gasteiger partial charge in [0.1, 0.15) is 0 Å². The molecule has 0 fully saturated rings. The molecule has 0 atom stereocenters. The van der Waals surface area contributed by atoms with E-state index in [0.717, 1.165) is 5.69 Å². The fraction of sp³-hybridized carbons (Fsp3) is 0.333. The third-order valence-electron chi connectivity index (χ3n) is 1.66. The van der Waals surface area contributed by atoms with Crippen LogP contribution in [0.5, 0.6) is 0 Å². The van der Waals surface area contributed by atoms with E-state index in [4.69, 9.17) is 0 Å². The first kappa shape index (κ1) is 7.92. The zero-order valence-corrected chi connectivity index (χ0v) is 7.26. The fourth-order valence-electron chi connectivity index (χ4n) is 1.08. The number of nitrogens with zero attached hydrogens (tertiary/aromatic N) is 1. The molecule has 60 valence electrons. The van der Waals surface area contributed by atoms with Crippen molar-refractivity contribution in [3.63, 3.8) is 0 Å². The predicted molar refractivity (Wildman–Crippen MR) is 50.3 cm³/mol. The third kappa shape index (κ3) is 1.64. The van der Waals surface area contributed by atoms with E-state index in [-0.39, 0.29) is 0 Å². The summed E-state index contributed by atoms with van der Waals surface area (Å²) in [6.07, 6.45) is 0. The van der Waals surface area contributed by atoms with Crippen LogP contribution in [-0.4, -0.2) is 21.1 Å². The summed E-state index contributed by atoms with van der Waals surface area (Å²) in [5, 5.41) is 3.14. The molecule has 0 radical (unpaired) electrons. The molecule has 0 spiro atoms. The van der Waals surface area contributed by atoms with E-state index in [2.05, 4.69) is 22.3 Å². The molecule has 2 heteroatoms. The lowest BCUT2D eigenvalue weighted by Gasteiger charge is -2.16. The van der Waals surface area contributed by atoms with Gasteiger partial charge < -0.3 is 10.2 Å². The topological polar surface area (TPSA) is 15.3 Å². The summed E-state index contributed by atoms with van der Waals surface area (Å²) in [4.78, 5) is 2.09. The molecule has 11 heavy (non-hydrogen) atoms. The number of anilines is 2. The first-order valence-corrected chi connectivity index (χ1v) is 3.70. The summed E-state index contributed by atoms with van der Waals surface area (Å²) in [5.74, 6) is 0. The number of hydrogen-bond donors (Lipinski definition) is 1. The minimum atomic E-state index is 1.16. The Morgan fingerprint density at radius 1 is 1.18 bits per heavy atom. The van der Waals surface area contributed by atoms with Crippen LogP contribution in [0.1, 0.15) is 0 Å². The van der Waals surface area contributed by atoms with Crippen molar-refractivity contribution in [2.75, 3.05) is 31.4 Å². The number of nitrogens with one attached hydrogen (secondary N) is 1. The lowest BCUT2D eigenvalue weighted by atomic mass is 10.2. The molecular formula is C9H14N2. The molecule has 0 aromatic heterocycles. The standard InChI is InChI=1S/C9H14N2/c1-10-8-6-4-5-7-9(8)11(2)3/h4-7,10H,1-3H3. The largest absolute Gasteiger partial charge is 0.386 e. The molecule has 0 heterocycles. The van der Waals surface area contributed by atoms with E-state index < -0.39 is 0 Å². The number of rotatable bonds is 2. The second-order valence-electron chi connectivity index (χ2n) is 2.66. The van der Waals surface area contributed by atoms with Crippen LogP contribution in [0, 0.1) is 0 Å². The van der Waals surface area contributed by atoms with Crippen molar-refractivity contribution in [2.45, 2.75) is 0 Å². The van der Waals surface area contributed by atoms with Crippen LogP contribution in [0.4, 0.5) is 11.4 Å². The molecule has 0 aliphatic carbocycles.